The number of carbonyl (C=O) groups excluding carboxylic acids is 1. The molecule has 5 heteroatoms. The number of aryl methyl sites for hydroxylation is 1. The van der Waals surface area contributed by atoms with E-state index in [1.807, 2.05) is 67.6 Å². The minimum absolute atomic E-state index is 0.197. The molecule has 0 aliphatic rings. The molecule has 0 atom stereocenters. The fraction of sp³-hybridized carbons (Fsp3) is 0.190. The van der Waals surface area contributed by atoms with Crippen LogP contribution in [0.3, 0.4) is 0 Å². The zero-order chi connectivity index (χ0) is 18.4. The van der Waals surface area contributed by atoms with E-state index in [9.17, 15) is 9.59 Å². The first-order chi connectivity index (χ1) is 12.7. The lowest BCUT2D eigenvalue weighted by molar-refractivity contribution is 0.0977. The van der Waals surface area contributed by atoms with E-state index in [0.717, 1.165) is 17.7 Å². The Balaban J connectivity index is 1.97. The molecule has 5 nitrogen and oxygen atoms in total. The third kappa shape index (κ3) is 4.06. The summed E-state index contributed by atoms with van der Waals surface area (Å²) in [6.07, 6.45) is 0.775. The molecule has 0 unspecified atom stereocenters. The SMILES string of the molecule is CCCn1nc(C(=O)N(Cc2ccccc2)c2ccccc2)ccc1=O. The summed E-state index contributed by atoms with van der Waals surface area (Å²) in [5.41, 5.74) is 1.87. The highest BCUT2D eigenvalue weighted by Gasteiger charge is 2.20. The van der Waals surface area contributed by atoms with Crippen molar-refractivity contribution in [3.63, 3.8) is 0 Å². The van der Waals surface area contributed by atoms with Crippen LogP contribution in [0.1, 0.15) is 29.4 Å². The van der Waals surface area contributed by atoms with E-state index >= 15 is 0 Å². The summed E-state index contributed by atoms with van der Waals surface area (Å²) in [7, 11) is 0. The molecular weight excluding hydrogens is 326 g/mol. The van der Waals surface area contributed by atoms with Gasteiger partial charge in [-0.15, -0.1) is 0 Å². The number of nitrogens with zero attached hydrogens (tertiary/aromatic N) is 3. The van der Waals surface area contributed by atoms with Crippen molar-refractivity contribution in [1.82, 2.24) is 9.78 Å². The van der Waals surface area contributed by atoms with E-state index in [1.54, 1.807) is 4.90 Å². The summed E-state index contributed by atoms with van der Waals surface area (Å²) in [5, 5.41) is 4.26. The molecule has 1 heterocycles. The smallest absolute Gasteiger partial charge is 0.279 e. The highest BCUT2D eigenvalue weighted by Crippen LogP contribution is 2.19. The number of benzene rings is 2. The fourth-order valence-corrected chi connectivity index (χ4v) is 2.73. The Morgan fingerprint density at radius 3 is 2.27 bits per heavy atom. The zero-order valence-corrected chi connectivity index (χ0v) is 14.7. The first kappa shape index (κ1) is 17.6. The van der Waals surface area contributed by atoms with Crippen LogP contribution in [-0.4, -0.2) is 15.7 Å². The van der Waals surface area contributed by atoms with Crippen LogP contribution in [0.15, 0.2) is 77.6 Å². The Kier molecular flexibility index (Phi) is 5.59. The molecule has 1 amide bonds. The van der Waals surface area contributed by atoms with Crippen LogP contribution in [-0.2, 0) is 13.1 Å². The molecule has 0 aliphatic carbocycles. The molecule has 0 spiro atoms. The molecule has 0 saturated heterocycles. The number of hydrogen-bond acceptors (Lipinski definition) is 3. The highest BCUT2D eigenvalue weighted by molar-refractivity contribution is 6.04. The molecule has 2 aromatic carbocycles. The first-order valence-electron chi connectivity index (χ1n) is 8.68. The van der Waals surface area contributed by atoms with E-state index in [-0.39, 0.29) is 17.2 Å². The topological polar surface area (TPSA) is 55.2 Å². The standard InChI is InChI=1S/C21H21N3O2/c1-2-15-24-20(25)14-13-19(22-24)21(26)23(18-11-7-4-8-12-18)16-17-9-5-3-6-10-17/h3-14H,2,15-16H2,1H3. The molecule has 3 rings (SSSR count). The van der Waals surface area contributed by atoms with Gasteiger partial charge >= 0.3 is 0 Å². The highest BCUT2D eigenvalue weighted by atomic mass is 16.2. The van der Waals surface area contributed by atoms with Crippen molar-refractivity contribution < 1.29 is 4.79 Å². The first-order valence-corrected chi connectivity index (χ1v) is 8.68. The van der Waals surface area contributed by atoms with Gasteiger partial charge in [-0.2, -0.15) is 5.10 Å². The minimum atomic E-state index is -0.232. The van der Waals surface area contributed by atoms with Gasteiger partial charge in [-0.05, 0) is 30.2 Å². The number of para-hydroxylation sites is 1. The summed E-state index contributed by atoms with van der Waals surface area (Å²) >= 11 is 0. The molecule has 3 aromatic rings. The predicted molar refractivity (Wildman–Crippen MR) is 102 cm³/mol. The van der Waals surface area contributed by atoms with Crippen LogP contribution in [0.5, 0.6) is 0 Å². The van der Waals surface area contributed by atoms with Gasteiger partial charge < -0.3 is 4.90 Å². The van der Waals surface area contributed by atoms with E-state index in [0.29, 0.717) is 13.1 Å². The van der Waals surface area contributed by atoms with Crippen LogP contribution >= 0.6 is 0 Å². The second-order valence-corrected chi connectivity index (χ2v) is 5.99. The van der Waals surface area contributed by atoms with Gasteiger partial charge in [0.1, 0.15) is 5.69 Å². The average Bonchev–Trinajstić information content (AvgIpc) is 2.69. The van der Waals surface area contributed by atoms with Crippen LogP contribution in [0.25, 0.3) is 0 Å². The zero-order valence-electron chi connectivity index (χ0n) is 14.7. The lowest BCUT2D eigenvalue weighted by Gasteiger charge is -2.23. The van der Waals surface area contributed by atoms with Gasteiger partial charge in [-0.3, -0.25) is 9.59 Å². The monoisotopic (exact) mass is 347 g/mol. The minimum Gasteiger partial charge on any atom is -0.303 e. The van der Waals surface area contributed by atoms with Crippen LogP contribution in [0.2, 0.25) is 0 Å². The van der Waals surface area contributed by atoms with Gasteiger partial charge in [0, 0.05) is 18.3 Å². The Morgan fingerprint density at radius 2 is 1.62 bits per heavy atom. The second-order valence-electron chi connectivity index (χ2n) is 5.99. The lowest BCUT2D eigenvalue weighted by Crippen LogP contribution is -2.33. The molecule has 0 aliphatic heterocycles. The van der Waals surface area contributed by atoms with Gasteiger partial charge in [0.15, 0.2) is 0 Å². The quantitative estimate of drug-likeness (QED) is 0.686. The van der Waals surface area contributed by atoms with Crippen molar-refractivity contribution in [2.75, 3.05) is 4.90 Å². The molecule has 0 radical (unpaired) electrons. The van der Waals surface area contributed by atoms with Crippen LogP contribution in [0, 0.1) is 0 Å². The van der Waals surface area contributed by atoms with Crippen molar-refractivity contribution in [2.45, 2.75) is 26.4 Å². The van der Waals surface area contributed by atoms with E-state index in [4.69, 9.17) is 0 Å². The third-order valence-corrected chi connectivity index (χ3v) is 4.02. The average molecular weight is 347 g/mol. The Bertz CT molecular complexity index is 921. The Morgan fingerprint density at radius 1 is 0.962 bits per heavy atom. The Labute approximate surface area is 152 Å². The largest absolute Gasteiger partial charge is 0.303 e. The van der Waals surface area contributed by atoms with Gasteiger partial charge in [-0.25, -0.2) is 4.68 Å². The van der Waals surface area contributed by atoms with Gasteiger partial charge in [-0.1, -0.05) is 55.5 Å². The molecule has 26 heavy (non-hydrogen) atoms. The molecule has 0 fully saturated rings. The normalized spacial score (nSPS) is 10.5. The number of carbonyl (C=O) groups is 1. The summed E-state index contributed by atoms with van der Waals surface area (Å²) in [5.74, 6) is -0.232. The van der Waals surface area contributed by atoms with Gasteiger partial charge in [0.05, 0.1) is 6.54 Å². The van der Waals surface area contributed by atoms with Crippen molar-refractivity contribution in [3.8, 4) is 0 Å². The summed E-state index contributed by atoms with van der Waals surface area (Å²) in [6.45, 7) is 2.89. The molecule has 132 valence electrons. The van der Waals surface area contributed by atoms with E-state index in [1.165, 1.54) is 16.8 Å². The van der Waals surface area contributed by atoms with E-state index < -0.39 is 0 Å². The van der Waals surface area contributed by atoms with Crippen molar-refractivity contribution in [2.24, 2.45) is 0 Å². The number of rotatable bonds is 6. The van der Waals surface area contributed by atoms with Crippen molar-refractivity contribution >= 4 is 11.6 Å². The fourth-order valence-electron chi connectivity index (χ4n) is 2.73. The van der Waals surface area contributed by atoms with Crippen LogP contribution < -0.4 is 10.5 Å². The maximum atomic E-state index is 13.2. The van der Waals surface area contributed by atoms with Crippen molar-refractivity contribution in [3.05, 3.63) is 94.4 Å². The maximum Gasteiger partial charge on any atom is 0.279 e. The number of hydrogen-bond donors (Lipinski definition) is 0. The lowest BCUT2D eigenvalue weighted by atomic mass is 10.2. The predicted octanol–water partition coefficient (Wildman–Crippen LogP) is 3.50. The Hall–Kier alpha value is -3.21. The summed E-state index contributed by atoms with van der Waals surface area (Å²) in [4.78, 5) is 26.7. The third-order valence-electron chi connectivity index (χ3n) is 4.02. The number of anilines is 1. The summed E-state index contributed by atoms with van der Waals surface area (Å²) < 4.78 is 1.35. The van der Waals surface area contributed by atoms with Crippen LogP contribution in [0.4, 0.5) is 5.69 Å². The summed E-state index contributed by atoms with van der Waals surface area (Å²) in [6, 6.07) is 22.2. The molecule has 0 bridgehead atoms. The second kappa shape index (κ2) is 8.25. The molecule has 0 N–H and O–H groups in total. The molecule has 0 saturated carbocycles. The maximum absolute atomic E-state index is 13.2. The number of aromatic nitrogens is 2. The molecular formula is C21H21N3O2. The van der Waals surface area contributed by atoms with Gasteiger partial charge in [0.25, 0.3) is 11.5 Å². The number of amides is 1. The van der Waals surface area contributed by atoms with Gasteiger partial charge in [0.2, 0.25) is 0 Å². The van der Waals surface area contributed by atoms with Crippen molar-refractivity contribution in [1.29, 1.82) is 0 Å². The van der Waals surface area contributed by atoms with E-state index in [2.05, 4.69) is 5.10 Å². The molecule has 1 aromatic heterocycles.